The number of nitrogens with zero attached hydrogens (tertiary/aromatic N) is 2. The molecule has 0 amide bonds. The molecule has 2 heterocycles. The Hall–Kier alpha value is -2.07. The van der Waals surface area contributed by atoms with Crippen molar-refractivity contribution in [3.63, 3.8) is 0 Å². The molecule has 3 rings (SSSR count). The smallest absolute Gasteiger partial charge is 0.236 e. The summed E-state index contributed by atoms with van der Waals surface area (Å²) in [6.07, 6.45) is 2.55. The fraction of sp³-hybridized carbons (Fsp3) is 0.300. The highest BCUT2D eigenvalue weighted by atomic mass is 127. The van der Waals surface area contributed by atoms with Gasteiger partial charge in [0.05, 0.1) is 24.2 Å². The van der Waals surface area contributed by atoms with Crippen LogP contribution in [0.5, 0.6) is 5.75 Å². The van der Waals surface area contributed by atoms with Gasteiger partial charge in [-0.05, 0) is 42.0 Å². The number of oxazole rings is 1. The lowest BCUT2D eigenvalue weighted by Crippen LogP contribution is -2.37. The van der Waals surface area contributed by atoms with Crippen molar-refractivity contribution in [2.45, 2.75) is 19.9 Å². The third kappa shape index (κ3) is 5.96. The van der Waals surface area contributed by atoms with Crippen LogP contribution in [0.2, 0.25) is 0 Å². The number of aliphatic imine (C=N–C) groups is 1. The number of ether oxygens (including phenoxy) is 1. The average molecular weight is 512 g/mol. The van der Waals surface area contributed by atoms with E-state index in [1.54, 1.807) is 31.8 Å². The van der Waals surface area contributed by atoms with Gasteiger partial charge in [0.25, 0.3) is 0 Å². The van der Waals surface area contributed by atoms with E-state index in [2.05, 4.69) is 38.8 Å². The summed E-state index contributed by atoms with van der Waals surface area (Å²) in [5.41, 5.74) is 3.20. The summed E-state index contributed by atoms with van der Waals surface area (Å²) in [4.78, 5) is 9.78. The van der Waals surface area contributed by atoms with Crippen molar-refractivity contribution in [1.82, 2.24) is 15.6 Å². The second-order valence-corrected chi connectivity index (χ2v) is 6.98. The van der Waals surface area contributed by atoms with Crippen LogP contribution in [0, 0.1) is 6.92 Å². The number of nitrogens with one attached hydrogen (secondary N) is 2. The Morgan fingerprint density at radius 3 is 2.86 bits per heavy atom. The molecule has 3 aromatic rings. The Morgan fingerprint density at radius 1 is 1.29 bits per heavy atom. The van der Waals surface area contributed by atoms with E-state index in [0.717, 1.165) is 40.8 Å². The van der Waals surface area contributed by atoms with Crippen LogP contribution < -0.4 is 15.4 Å². The van der Waals surface area contributed by atoms with Crippen molar-refractivity contribution in [1.29, 1.82) is 0 Å². The Kier molecular flexibility index (Phi) is 8.78. The van der Waals surface area contributed by atoms with Crippen molar-refractivity contribution < 1.29 is 9.15 Å². The lowest BCUT2D eigenvalue weighted by Gasteiger charge is -2.12. The molecule has 0 fully saturated rings. The number of benzene rings is 1. The third-order valence-corrected chi connectivity index (χ3v) is 4.98. The summed E-state index contributed by atoms with van der Waals surface area (Å²) in [6.45, 7) is 3.36. The maximum atomic E-state index is 5.53. The van der Waals surface area contributed by atoms with Gasteiger partial charge >= 0.3 is 0 Å². The molecule has 2 aromatic heterocycles. The second kappa shape index (κ2) is 11.1. The monoisotopic (exact) mass is 512 g/mol. The first kappa shape index (κ1) is 22.2. The highest BCUT2D eigenvalue weighted by Crippen LogP contribution is 2.23. The molecule has 0 aliphatic carbocycles. The molecule has 0 bridgehead atoms. The van der Waals surface area contributed by atoms with Gasteiger partial charge in [0, 0.05) is 13.6 Å². The quantitative estimate of drug-likeness (QED) is 0.282. The first-order valence-electron chi connectivity index (χ1n) is 8.76. The largest absolute Gasteiger partial charge is 0.496 e. The van der Waals surface area contributed by atoms with E-state index < -0.39 is 0 Å². The van der Waals surface area contributed by atoms with Crippen molar-refractivity contribution in [3.05, 3.63) is 58.8 Å². The molecular weight excluding hydrogens is 487 g/mol. The maximum absolute atomic E-state index is 5.53. The molecule has 0 saturated carbocycles. The van der Waals surface area contributed by atoms with E-state index in [-0.39, 0.29) is 24.0 Å². The summed E-state index contributed by atoms with van der Waals surface area (Å²) < 4.78 is 10.9. The topological polar surface area (TPSA) is 71.7 Å². The van der Waals surface area contributed by atoms with Crippen molar-refractivity contribution in [3.8, 4) is 16.5 Å². The Bertz CT molecular complexity index is 894. The van der Waals surface area contributed by atoms with Gasteiger partial charge in [0.2, 0.25) is 5.89 Å². The summed E-state index contributed by atoms with van der Waals surface area (Å²) in [6, 6.07) is 10.3. The number of thiophene rings is 1. The SMILES string of the molecule is CN=C(NCCc1ccc(C)c(OC)c1)NCc1coc(-c2cccs2)n1.I. The van der Waals surface area contributed by atoms with Gasteiger partial charge in [0.15, 0.2) is 5.96 Å². The molecule has 150 valence electrons. The number of methoxy groups -OCH3 is 1. The molecule has 1 aromatic carbocycles. The van der Waals surface area contributed by atoms with Crippen LogP contribution in [0.3, 0.4) is 0 Å². The molecule has 28 heavy (non-hydrogen) atoms. The minimum Gasteiger partial charge on any atom is -0.496 e. The normalized spacial score (nSPS) is 11.0. The fourth-order valence-electron chi connectivity index (χ4n) is 2.64. The molecular formula is C20H25IN4O2S. The molecule has 0 spiro atoms. The van der Waals surface area contributed by atoms with Crippen LogP contribution in [-0.2, 0) is 13.0 Å². The van der Waals surface area contributed by atoms with Crippen LogP contribution >= 0.6 is 35.3 Å². The van der Waals surface area contributed by atoms with E-state index in [0.29, 0.717) is 12.4 Å². The number of hydrogen-bond acceptors (Lipinski definition) is 5. The van der Waals surface area contributed by atoms with Crippen LogP contribution in [0.25, 0.3) is 10.8 Å². The zero-order valence-corrected chi connectivity index (χ0v) is 19.3. The summed E-state index contributed by atoms with van der Waals surface area (Å²) in [5.74, 6) is 2.30. The van der Waals surface area contributed by atoms with Gasteiger partial charge in [-0.15, -0.1) is 35.3 Å². The van der Waals surface area contributed by atoms with E-state index in [4.69, 9.17) is 9.15 Å². The lowest BCUT2D eigenvalue weighted by molar-refractivity contribution is 0.411. The van der Waals surface area contributed by atoms with Gasteiger partial charge in [-0.1, -0.05) is 18.2 Å². The summed E-state index contributed by atoms with van der Waals surface area (Å²) >= 11 is 1.61. The maximum Gasteiger partial charge on any atom is 0.236 e. The Morgan fingerprint density at radius 2 is 2.14 bits per heavy atom. The number of hydrogen-bond donors (Lipinski definition) is 2. The first-order chi connectivity index (χ1) is 13.2. The first-order valence-corrected chi connectivity index (χ1v) is 9.64. The lowest BCUT2D eigenvalue weighted by atomic mass is 10.1. The van der Waals surface area contributed by atoms with Gasteiger partial charge in [-0.2, -0.15) is 0 Å². The summed E-state index contributed by atoms with van der Waals surface area (Å²) in [5, 5.41) is 8.58. The molecule has 0 saturated heterocycles. The minimum absolute atomic E-state index is 0. The van der Waals surface area contributed by atoms with Crippen LogP contribution in [0.4, 0.5) is 0 Å². The van der Waals surface area contributed by atoms with Gasteiger partial charge < -0.3 is 19.8 Å². The molecule has 8 heteroatoms. The standard InChI is InChI=1S/C20H24N4O2S.HI/c1-14-6-7-15(11-17(14)25-3)8-9-22-20(21-2)23-12-16-13-26-19(24-16)18-5-4-10-27-18;/h4-7,10-11,13H,8-9,12H2,1-3H3,(H2,21,22,23);1H. The second-order valence-electron chi connectivity index (χ2n) is 6.03. The number of rotatable bonds is 7. The molecule has 2 N–H and O–H groups in total. The zero-order chi connectivity index (χ0) is 19.1. The number of halogens is 1. The van der Waals surface area contributed by atoms with E-state index >= 15 is 0 Å². The van der Waals surface area contributed by atoms with E-state index in [9.17, 15) is 0 Å². The molecule has 0 atom stereocenters. The molecule has 6 nitrogen and oxygen atoms in total. The molecule has 0 aliphatic rings. The van der Waals surface area contributed by atoms with E-state index in [1.807, 2.05) is 24.4 Å². The highest BCUT2D eigenvalue weighted by Gasteiger charge is 2.08. The predicted molar refractivity (Wildman–Crippen MR) is 125 cm³/mol. The van der Waals surface area contributed by atoms with Crippen molar-refractivity contribution in [2.24, 2.45) is 4.99 Å². The van der Waals surface area contributed by atoms with Gasteiger partial charge in [0.1, 0.15) is 12.0 Å². The predicted octanol–water partition coefficient (Wildman–Crippen LogP) is 4.25. The van der Waals surface area contributed by atoms with Crippen molar-refractivity contribution in [2.75, 3.05) is 20.7 Å². The number of aryl methyl sites for hydroxylation is 1. The molecule has 0 unspecified atom stereocenters. The van der Waals surface area contributed by atoms with Crippen molar-refractivity contribution >= 4 is 41.3 Å². The number of guanidine groups is 1. The highest BCUT2D eigenvalue weighted by molar-refractivity contribution is 14.0. The van der Waals surface area contributed by atoms with Crippen LogP contribution in [-0.4, -0.2) is 31.6 Å². The fourth-order valence-corrected chi connectivity index (χ4v) is 3.30. The summed E-state index contributed by atoms with van der Waals surface area (Å²) in [7, 11) is 3.45. The van der Waals surface area contributed by atoms with Gasteiger partial charge in [-0.3, -0.25) is 4.99 Å². The third-order valence-electron chi connectivity index (χ3n) is 4.12. The average Bonchev–Trinajstić information content (AvgIpc) is 3.37. The van der Waals surface area contributed by atoms with Crippen LogP contribution in [0.1, 0.15) is 16.8 Å². The molecule has 0 aliphatic heterocycles. The number of aromatic nitrogens is 1. The Labute approximate surface area is 186 Å². The zero-order valence-electron chi connectivity index (χ0n) is 16.2. The van der Waals surface area contributed by atoms with Gasteiger partial charge in [-0.25, -0.2) is 4.98 Å². The molecule has 0 radical (unpaired) electrons. The van der Waals surface area contributed by atoms with Crippen LogP contribution in [0.15, 0.2) is 51.4 Å². The Balaban J connectivity index is 0.00000280. The minimum atomic E-state index is 0. The van der Waals surface area contributed by atoms with E-state index in [1.165, 1.54) is 5.56 Å².